The number of aromatic nitrogens is 3. The number of pyridine rings is 1. The first kappa shape index (κ1) is 16.1. The van der Waals surface area contributed by atoms with Crippen LogP contribution in [0, 0.1) is 0 Å². The molecule has 0 radical (unpaired) electrons. The van der Waals surface area contributed by atoms with E-state index in [2.05, 4.69) is 31.3 Å². The Hall–Kier alpha value is -2.29. The van der Waals surface area contributed by atoms with Gasteiger partial charge in [0.15, 0.2) is 0 Å². The van der Waals surface area contributed by atoms with Crippen LogP contribution in [0.1, 0.15) is 0 Å². The van der Waals surface area contributed by atoms with Gasteiger partial charge in [-0.3, -0.25) is 0 Å². The Morgan fingerprint density at radius 1 is 1.27 bits per heavy atom. The van der Waals surface area contributed by atoms with E-state index >= 15 is 0 Å². The molecule has 3 heterocycles. The molecule has 1 fully saturated rings. The normalized spacial score (nSPS) is 14.1. The smallest absolute Gasteiger partial charge is 0.309 e. The number of rotatable bonds is 2. The van der Waals surface area contributed by atoms with Gasteiger partial charge in [0.2, 0.25) is 5.88 Å². The van der Waals surface area contributed by atoms with Gasteiger partial charge < -0.3 is 21.1 Å². The van der Waals surface area contributed by atoms with Crippen LogP contribution in [0.15, 0.2) is 18.6 Å². The van der Waals surface area contributed by atoms with Crippen molar-refractivity contribution in [2.24, 2.45) is 11.5 Å². The molecule has 0 unspecified atom stereocenters. The third-order valence-corrected chi connectivity index (χ3v) is 3.94. The highest BCUT2D eigenvalue weighted by Gasteiger charge is 2.17. The van der Waals surface area contributed by atoms with Gasteiger partial charge >= 0.3 is 6.03 Å². The highest BCUT2D eigenvalue weighted by molar-refractivity contribution is 7.99. The van der Waals surface area contributed by atoms with E-state index in [1.807, 2.05) is 17.8 Å². The maximum Gasteiger partial charge on any atom is 0.309 e. The van der Waals surface area contributed by atoms with Crippen molar-refractivity contribution < 1.29 is 9.53 Å². The summed E-state index contributed by atoms with van der Waals surface area (Å²) in [7, 11) is 1.61. The van der Waals surface area contributed by atoms with Crippen molar-refractivity contribution in [2.45, 2.75) is 0 Å². The molecule has 0 spiro atoms. The number of ether oxygens (including phenoxy) is 1. The van der Waals surface area contributed by atoms with Gasteiger partial charge in [0, 0.05) is 36.2 Å². The van der Waals surface area contributed by atoms with Gasteiger partial charge in [-0.05, 0) is 6.07 Å². The molecule has 9 heteroatoms. The van der Waals surface area contributed by atoms with Crippen molar-refractivity contribution in [3.05, 3.63) is 18.6 Å². The molecule has 2 aromatic heterocycles. The topological polar surface area (TPSA) is 120 Å². The average Bonchev–Trinajstić information content (AvgIpc) is 2.54. The Morgan fingerprint density at radius 3 is 2.59 bits per heavy atom. The second-order valence-corrected chi connectivity index (χ2v) is 5.64. The quantitative estimate of drug-likeness (QED) is 0.831. The zero-order valence-corrected chi connectivity index (χ0v) is 13.0. The Morgan fingerprint density at radius 2 is 1.95 bits per heavy atom. The van der Waals surface area contributed by atoms with Crippen molar-refractivity contribution in [1.29, 1.82) is 0 Å². The Kier molecular flexibility index (Phi) is 5.59. The highest BCUT2D eigenvalue weighted by atomic mass is 32.2. The number of amides is 2. The fourth-order valence-corrected chi connectivity index (χ4v) is 3.03. The Bertz CT molecular complexity index is 643. The summed E-state index contributed by atoms with van der Waals surface area (Å²) in [5.74, 6) is 3.84. The first-order valence-corrected chi connectivity index (χ1v) is 7.80. The molecular weight excluding hydrogens is 304 g/mol. The number of hydrogen-bond donors (Lipinski definition) is 2. The molecule has 4 N–H and O–H groups in total. The van der Waals surface area contributed by atoms with Gasteiger partial charge in [-0.25, -0.2) is 19.7 Å². The largest absolute Gasteiger partial charge is 0.479 e. The minimum atomic E-state index is -0.833. The lowest BCUT2D eigenvalue weighted by Crippen LogP contribution is -2.33. The summed E-state index contributed by atoms with van der Waals surface area (Å²) in [6, 6.07) is 1.12. The highest BCUT2D eigenvalue weighted by Crippen LogP contribution is 2.28. The van der Waals surface area contributed by atoms with Gasteiger partial charge in [-0.1, -0.05) is 0 Å². The Labute approximate surface area is 132 Å². The second kappa shape index (κ2) is 7.64. The molecule has 1 aliphatic rings. The molecule has 1 saturated heterocycles. The molecule has 8 nitrogen and oxygen atoms in total. The first-order chi connectivity index (χ1) is 10.6. The lowest BCUT2D eigenvalue weighted by molar-refractivity contribution is 0.256. The summed E-state index contributed by atoms with van der Waals surface area (Å²) in [4.78, 5) is 24.2. The number of nitrogens with zero attached hydrogens (tertiary/aromatic N) is 4. The molecular formula is C13H18N6O2S. The summed E-state index contributed by atoms with van der Waals surface area (Å²) in [6.45, 7) is 2.06. The molecule has 118 valence electrons. The summed E-state index contributed by atoms with van der Waals surface area (Å²) in [5, 5.41) is 1.01. The van der Waals surface area contributed by atoms with E-state index in [9.17, 15) is 0 Å². The number of nitrogens with two attached hydrogens (primary N) is 2. The second-order valence-electron chi connectivity index (χ2n) is 4.42. The standard InChI is InChI=1S/C12H14N4OS.CH4N2O/c1-17-12-10-9(2-3-13-12)11(15-8-14-10)16-4-6-18-7-5-16;2-1(3)4/h2-3,8H,4-7H2,1H3;(H4,2,3,4). The lowest BCUT2D eigenvalue weighted by atomic mass is 10.2. The molecule has 1 aliphatic heterocycles. The minimum Gasteiger partial charge on any atom is -0.479 e. The fraction of sp³-hybridized carbons (Fsp3) is 0.385. The Balaban J connectivity index is 0.000000396. The number of methoxy groups -OCH3 is 1. The number of fused-ring (bicyclic) bond motifs is 1. The summed E-state index contributed by atoms with van der Waals surface area (Å²) < 4.78 is 5.25. The zero-order valence-electron chi connectivity index (χ0n) is 12.2. The fourth-order valence-electron chi connectivity index (χ4n) is 2.13. The summed E-state index contributed by atoms with van der Waals surface area (Å²) >= 11 is 1.98. The van der Waals surface area contributed by atoms with Gasteiger partial charge in [-0.15, -0.1) is 0 Å². The van der Waals surface area contributed by atoms with Crippen LogP contribution in [0.25, 0.3) is 10.9 Å². The minimum absolute atomic E-state index is 0.558. The van der Waals surface area contributed by atoms with E-state index < -0.39 is 6.03 Å². The van der Waals surface area contributed by atoms with E-state index in [1.165, 1.54) is 0 Å². The van der Waals surface area contributed by atoms with Crippen molar-refractivity contribution in [2.75, 3.05) is 36.6 Å². The van der Waals surface area contributed by atoms with Crippen molar-refractivity contribution in [3.63, 3.8) is 0 Å². The van der Waals surface area contributed by atoms with Crippen LogP contribution in [0.3, 0.4) is 0 Å². The van der Waals surface area contributed by atoms with Crippen LogP contribution in [0.2, 0.25) is 0 Å². The lowest BCUT2D eigenvalue weighted by Gasteiger charge is -2.28. The van der Waals surface area contributed by atoms with Crippen molar-refractivity contribution in [1.82, 2.24) is 15.0 Å². The van der Waals surface area contributed by atoms with Crippen molar-refractivity contribution in [3.8, 4) is 5.88 Å². The van der Waals surface area contributed by atoms with Gasteiger partial charge in [-0.2, -0.15) is 11.8 Å². The molecule has 3 rings (SSSR count). The number of primary amides is 2. The number of thioether (sulfide) groups is 1. The molecule has 2 aromatic rings. The van der Waals surface area contributed by atoms with Crippen molar-refractivity contribution >= 4 is 34.5 Å². The summed E-state index contributed by atoms with van der Waals surface area (Å²) in [5.41, 5.74) is 9.28. The molecule has 0 aromatic carbocycles. The van der Waals surface area contributed by atoms with Crippen LogP contribution in [0.5, 0.6) is 5.88 Å². The molecule has 0 atom stereocenters. The van der Waals surface area contributed by atoms with Crippen LogP contribution in [-0.2, 0) is 0 Å². The monoisotopic (exact) mass is 322 g/mol. The van der Waals surface area contributed by atoms with E-state index in [0.29, 0.717) is 5.88 Å². The zero-order chi connectivity index (χ0) is 15.9. The predicted molar refractivity (Wildman–Crippen MR) is 87.2 cm³/mol. The van der Waals surface area contributed by atoms with Crippen LogP contribution >= 0.6 is 11.8 Å². The van der Waals surface area contributed by atoms with Crippen LogP contribution in [-0.4, -0.2) is 52.7 Å². The summed E-state index contributed by atoms with van der Waals surface area (Å²) in [6.07, 6.45) is 3.33. The maximum absolute atomic E-state index is 9.00. The molecule has 0 aliphatic carbocycles. The van der Waals surface area contributed by atoms with E-state index in [1.54, 1.807) is 19.6 Å². The maximum atomic E-state index is 9.00. The van der Waals surface area contributed by atoms with Gasteiger partial charge in [0.05, 0.1) is 7.11 Å². The predicted octanol–water partition coefficient (Wildman–Crippen LogP) is 0.610. The number of hydrogen-bond acceptors (Lipinski definition) is 7. The van der Waals surface area contributed by atoms with E-state index in [-0.39, 0.29) is 0 Å². The number of carbonyl (C=O) groups is 1. The van der Waals surface area contributed by atoms with Gasteiger partial charge in [0.25, 0.3) is 0 Å². The van der Waals surface area contributed by atoms with E-state index in [4.69, 9.17) is 9.53 Å². The molecule has 0 bridgehead atoms. The SMILES string of the molecule is COc1nccc2c(N3CCSCC3)ncnc12.NC(N)=O. The van der Waals surface area contributed by atoms with Crippen LogP contribution < -0.4 is 21.1 Å². The molecule has 2 amide bonds. The van der Waals surface area contributed by atoms with Crippen LogP contribution in [0.4, 0.5) is 10.6 Å². The third kappa shape index (κ3) is 3.88. The third-order valence-electron chi connectivity index (χ3n) is 3.00. The van der Waals surface area contributed by atoms with E-state index in [0.717, 1.165) is 41.3 Å². The van der Waals surface area contributed by atoms with Gasteiger partial charge in [0.1, 0.15) is 17.7 Å². The molecule has 0 saturated carbocycles. The number of anilines is 1. The average molecular weight is 322 g/mol. The molecule has 22 heavy (non-hydrogen) atoms. The number of urea groups is 1. The first-order valence-electron chi connectivity index (χ1n) is 6.64. The number of carbonyl (C=O) groups excluding carboxylic acids is 1.